The van der Waals surface area contributed by atoms with E-state index in [1.165, 1.54) is 10.4 Å². The van der Waals surface area contributed by atoms with Gasteiger partial charge in [0, 0.05) is 65.9 Å². The Bertz CT molecular complexity index is 2840. The van der Waals surface area contributed by atoms with Crippen LogP contribution in [0.1, 0.15) is 124 Å². The van der Waals surface area contributed by atoms with Crippen molar-refractivity contribution in [3.05, 3.63) is 128 Å². The van der Waals surface area contributed by atoms with E-state index in [0.717, 1.165) is 109 Å². The van der Waals surface area contributed by atoms with Gasteiger partial charge in [0.15, 0.2) is 17.4 Å². The highest BCUT2D eigenvalue weighted by Gasteiger charge is 2.35. The highest BCUT2D eigenvalue weighted by molar-refractivity contribution is 7.15. The molecule has 0 radical (unpaired) electrons. The van der Waals surface area contributed by atoms with E-state index in [1.54, 1.807) is 48.1 Å². The number of carbonyl (C=O) groups excluding carboxylic acids is 2. The number of hydrogen-bond donors (Lipinski definition) is 1. The molecule has 2 saturated heterocycles. The fourth-order valence-corrected chi connectivity index (χ4v) is 11.5. The second kappa shape index (κ2) is 19.0. The Morgan fingerprint density at radius 2 is 1.76 bits per heavy atom. The molecule has 1 saturated carbocycles. The maximum absolute atomic E-state index is 14.2. The summed E-state index contributed by atoms with van der Waals surface area (Å²) in [6, 6.07) is 19.1. The Morgan fingerprint density at radius 3 is 2.51 bits per heavy atom. The van der Waals surface area contributed by atoms with E-state index in [2.05, 4.69) is 84.3 Å². The minimum Gasteiger partial charge on any atom is -0.490 e. The number of oxazole rings is 1. The van der Waals surface area contributed by atoms with Gasteiger partial charge in [-0.1, -0.05) is 23.7 Å². The predicted octanol–water partition coefficient (Wildman–Crippen LogP) is 8.43. The number of carbonyl (C=O) groups is 2. The number of aryl methyl sites for hydroxylation is 2. The maximum atomic E-state index is 14.2. The number of piperidine rings is 2. The summed E-state index contributed by atoms with van der Waals surface area (Å²) < 4.78 is 13.9. The van der Waals surface area contributed by atoms with Gasteiger partial charge in [0.1, 0.15) is 34.9 Å². The molecule has 3 fully saturated rings. The summed E-state index contributed by atoms with van der Waals surface area (Å²) in [5.41, 5.74) is 6.79. The van der Waals surface area contributed by atoms with Crippen molar-refractivity contribution in [1.82, 2.24) is 40.2 Å². The number of hydrogen-bond acceptors (Lipinski definition) is 13. The van der Waals surface area contributed by atoms with E-state index in [1.807, 2.05) is 17.9 Å². The molecule has 3 aliphatic heterocycles. The molecule has 1 aliphatic carbocycles. The summed E-state index contributed by atoms with van der Waals surface area (Å²) >= 11 is 7.92. The second-order valence-electron chi connectivity index (χ2n) is 18.1. The van der Waals surface area contributed by atoms with Crippen molar-refractivity contribution in [3.8, 4) is 16.8 Å². The zero-order valence-corrected chi connectivity index (χ0v) is 39.4. The first-order valence-corrected chi connectivity index (χ1v) is 24.4. The number of likely N-dealkylation sites (tertiary alicyclic amines) is 1. The lowest BCUT2D eigenvalue weighted by molar-refractivity contribution is -0.137. The lowest BCUT2D eigenvalue weighted by Gasteiger charge is -2.39. The standard InChI is InChI=1S/C50H52ClN11O4S/c1-29-30(2)67-50-45(29)46(55-43(25-44-53-20-23-65-44)47-59-56-31(3)62(47)50)32-8-13-37(14-9-32)60-21-5-7-35(28-60)49(64)61-22-4-6-34(27-61)41-18-19-42(58-57-41)48(63)54-36-11-16-38(17-12-36)66-39-15-10-33(26-52)40(51)24-39/h8-10,13-15,18-20,23-24,34-36,38,43H,4-7,11-12,16-17,21-22,25,27-28H2,1-3H3,(H,54,63)/t34-,35+,36?,38?,43-/m1/s1. The van der Waals surface area contributed by atoms with Gasteiger partial charge in [0.2, 0.25) is 5.91 Å². The van der Waals surface area contributed by atoms with Crippen molar-refractivity contribution in [3.63, 3.8) is 0 Å². The molecule has 344 valence electrons. The number of amides is 2. The first-order valence-electron chi connectivity index (χ1n) is 23.2. The van der Waals surface area contributed by atoms with Crippen LogP contribution in [0.25, 0.3) is 5.00 Å². The Kier molecular flexibility index (Phi) is 12.6. The molecule has 17 heteroatoms. The lowest BCUT2D eigenvalue weighted by Crippen LogP contribution is -2.47. The number of nitrogens with zero attached hydrogens (tertiary/aromatic N) is 10. The van der Waals surface area contributed by atoms with Crippen molar-refractivity contribution in [2.45, 2.75) is 103 Å². The third-order valence-electron chi connectivity index (χ3n) is 13.8. The third-order valence-corrected chi connectivity index (χ3v) is 15.3. The van der Waals surface area contributed by atoms with Gasteiger partial charge in [-0.05, 0) is 114 Å². The molecule has 2 amide bonds. The average Bonchev–Trinajstić information content (AvgIpc) is 4.07. The minimum absolute atomic E-state index is 0.00782. The third kappa shape index (κ3) is 9.19. The predicted molar refractivity (Wildman–Crippen MR) is 254 cm³/mol. The number of anilines is 1. The summed E-state index contributed by atoms with van der Waals surface area (Å²) in [5, 5.41) is 31.7. The van der Waals surface area contributed by atoms with Gasteiger partial charge >= 0.3 is 0 Å². The van der Waals surface area contributed by atoms with Gasteiger partial charge in [-0.25, -0.2) is 4.98 Å². The highest BCUT2D eigenvalue weighted by atomic mass is 35.5. The van der Waals surface area contributed by atoms with Crippen LogP contribution in [-0.2, 0) is 11.2 Å². The van der Waals surface area contributed by atoms with Crippen LogP contribution in [0, 0.1) is 38.0 Å². The van der Waals surface area contributed by atoms with Crippen LogP contribution in [-0.4, -0.2) is 90.7 Å². The zero-order chi connectivity index (χ0) is 46.2. The largest absolute Gasteiger partial charge is 0.490 e. The monoisotopic (exact) mass is 937 g/mol. The van der Waals surface area contributed by atoms with Crippen LogP contribution in [0.5, 0.6) is 5.75 Å². The van der Waals surface area contributed by atoms with E-state index in [9.17, 15) is 9.59 Å². The van der Waals surface area contributed by atoms with E-state index < -0.39 is 0 Å². The SMILES string of the molecule is Cc1sc2c(c1C)C(c1ccc(N3CCC[C@H](C(=O)N4CCC[C@@H](c5ccc(C(=O)NC6CCC(Oc7ccc(C#N)c(Cl)c7)CC6)nn5)C4)C3)cc1)=N[C@H](Cc1ncco1)c1nnc(C)n1-2. The van der Waals surface area contributed by atoms with Crippen LogP contribution in [0.2, 0.25) is 5.02 Å². The molecule has 0 unspecified atom stereocenters. The first kappa shape index (κ1) is 44.4. The minimum atomic E-state index is -0.344. The summed E-state index contributed by atoms with van der Waals surface area (Å²) in [7, 11) is 0. The molecular formula is C50H52ClN11O4S. The molecule has 15 nitrogen and oxygen atoms in total. The van der Waals surface area contributed by atoms with Gasteiger partial charge < -0.3 is 24.3 Å². The topological polar surface area (TPSA) is 181 Å². The van der Waals surface area contributed by atoms with Gasteiger partial charge in [0.25, 0.3) is 5.91 Å². The lowest BCUT2D eigenvalue weighted by atomic mass is 9.91. The summed E-state index contributed by atoms with van der Waals surface area (Å²) in [6.07, 6.45) is 10.4. The summed E-state index contributed by atoms with van der Waals surface area (Å²) in [6.45, 7) is 9.13. The van der Waals surface area contributed by atoms with E-state index in [4.69, 9.17) is 31.0 Å². The molecule has 10 rings (SSSR count). The van der Waals surface area contributed by atoms with Gasteiger partial charge in [-0.15, -0.1) is 26.6 Å². The molecule has 7 heterocycles. The Hall–Kier alpha value is -6.44. The van der Waals surface area contributed by atoms with Gasteiger partial charge in [-0.2, -0.15) is 10.4 Å². The van der Waals surface area contributed by atoms with E-state index in [-0.39, 0.29) is 47.5 Å². The van der Waals surface area contributed by atoms with E-state index in [0.29, 0.717) is 41.7 Å². The summed E-state index contributed by atoms with van der Waals surface area (Å²) in [4.78, 5) is 42.8. The molecular weight excluding hydrogens is 886 g/mol. The van der Waals surface area contributed by atoms with Crippen molar-refractivity contribution in [2.24, 2.45) is 10.9 Å². The van der Waals surface area contributed by atoms with Crippen molar-refractivity contribution >= 4 is 46.2 Å². The molecule has 2 aromatic carbocycles. The molecule has 6 aromatic rings. The fourth-order valence-electron chi connectivity index (χ4n) is 10.1. The van der Waals surface area contributed by atoms with Crippen LogP contribution in [0.3, 0.4) is 0 Å². The number of aromatic nitrogens is 6. The maximum Gasteiger partial charge on any atom is 0.272 e. The van der Waals surface area contributed by atoms with Crippen molar-refractivity contribution in [2.75, 3.05) is 31.1 Å². The summed E-state index contributed by atoms with van der Waals surface area (Å²) in [5.74, 6) is 2.71. The zero-order valence-electron chi connectivity index (χ0n) is 37.8. The number of ether oxygens (including phenoxy) is 1. The number of aliphatic imine (C=N–C) groups is 1. The smallest absolute Gasteiger partial charge is 0.272 e. The number of rotatable bonds is 10. The number of fused-ring (bicyclic) bond motifs is 3. The molecule has 1 N–H and O–H groups in total. The van der Waals surface area contributed by atoms with Crippen LogP contribution in [0.15, 0.2) is 76.5 Å². The first-order chi connectivity index (χ1) is 32.6. The number of nitriles is 1. The molecule has 67 heavy (non-hydrogen) atoms. The van der Waals surface area contributed by atoms with E-state index >= 15 is 0 Å². The average molecular weight is 939 g/mol. The van der Waals surface area contributed by atoms with Crippen molar-refractivity contribution in [1.29, 1.82) is 5.26 Å². The van der Waals surface area contributed by atoms with Crippen LogP contribution < -0.4 is 15.0 Å². The molecule has 4 aliphatic rings. The van der Waals surface area contributed by atoms with Gasteiger partial charge in [-0.3, -0.25) is 19.1 Å². The van der Waals surface area contributed by atoms with Crippen LogP contribution >= 0.6 is 22.9 Å². The Balaban J connectivity index is 0.756. The molecule has 4 aromatic heterocycles. The number of thiophene rings is 1. The molecule has 0 spiro atoms. The number of benzene rings is 2. The highest BCUT2D eigenvalue weighted by Crippen LogP contribution is 2.40. The number of halogens is 1. The molecule has 3 atom stereocenters. The van der Waals surface area contributed by atoms with Crippen LogP contribution in [0.4, 0.5) is 5.69 Å². The Labute approximate surface area is 398 Å². The fraction of sp³-hybridized carbons (Fsp3) is 0.420. The van der Waals surface area contributed by atoms with Crippen molar-refractivity contribution < 1.29 is 18.7 Å². The Morgan fingerprint density at radius 1 is 0.940 bits per heavy atom. The molecule has 0 bridgehead atoms. The normalized spacial score (nSPS) is 21.7. The quantitative estimate of drug-likeness (QED) is 0.139. The van der Waals surface area contributed by atoms with Gasteiger partial charge in [0.05, 0.1) is 46.6 Å². The second-order valence-corrected chi connectivity index (χ2v) is 19.8. The number of nitrogens with one attached hydrogen (secondary N) is 1.